The van der Waals surface area contributed by atoms with Gasteiger partial charge >= 0.3 is 0 Å². The van der Waals surface area contributed by atoms with Crippen LogP contribution in [0.5, 0.6) is 0 Å². The second kappa shape index (κ2) is 6.72. The van der Waals surface area contributed by atoms with Gasteiger partial charge in [-0.05, 0) is 40.6 Å². The molecule has 0 amide bonds. The summed E-state index contributed by atoms with van der Waals surface area (Å²) in [6.45, 7) is 0.414. The molecule has 1 aromatic heterocycles. The summed E-state index contributed by atoms with van der Waals surface area (Å²) in [6, 6.07) is 0. The molecule has 0 aromatic carbocycles. The fraction of sp³-hybridized carbons (Fsp3) is 0.818. The van der Waals surface area contributed by atoms with E-state index in [1.54, 1.807) is 7.05 Å². The number of sulfonamides is 1. The van der Waals surface area contributed by atoms with Crippen LogP contribution >= 0.6 is 27.5 Å². The molecule has 1 heterocycles. The van der Waals surface area contributed by atoms with E-state index >= 15 is 0 Å². The third-order valence-electron chi connectivity index (χ3n) is 3.79. The standard InChI is InChI=1S/C11H18BrClN4O2S/c1-17-11(10(12)15-16-17)20(18,19)14-7-9-5-3-2-4-8(9)6-13/h8-9,14H,2-7H2,1H3. The molecule has 1 saturated carbocycles. The maximum absolute atomic E-state index is 12.3. The monoisotopic (exact) mass is 384 g/mol. The molecule has 1 N–H and O–H groups in total. The maximum atomic E-state index is 12.3. The van der Waals surface area contributed by atoms with Gasteiger partial charge in [0, 0.05) is 19.5 Å². The Bertz CT molecular complexity index is 543. The first-order valence-electron chi connectivity index (χ1n) is 6.56. The summed E-state index contributed by atoms with van der Waals surface area (Å²) >= 11 is 9.08. The normalized spacial score (nSPS) is 23.9. The lowest BCUT2D eigenvalue weighted by molar-refractivity contribution is 0.260. The Hall–Kier alpha value is -0.180. The second-order valence-corrected chi connectivity index (χ2v) is 7.86. The average Bonchev–Trinajstić information content (AvgIpc) is 2.77. The molecule has 0 bridgehead atoms. The van der Waals surface area contributed by atoms with Crippen molar-refractivity contribution in [2.75, 3.05) is 12.4 Å². The maximum Gasteiger partial charge on any atom is 0.260 e. The summed E-state index contributed by atoms with van der Waals surface area (Å²) in [5.74, 6) is 1.28. The van der Waals surface area contributed by atoms with E-state index in [-0.39, 0.29) is 9.63 Å². The quantitative estimate of drug-likeness (QED) is 0.785. The Morgan fingerprint density at radius 2 is 2.05 bits per heavy atom. The minimum atomic E-state index is -3.61. The zero-order chi connectivity index (χ0) is 14.8. The molecule has 1 aliphatic carbocycles. The van der Waals surface area contributed by atoms with Crippen molar-refractivity contribution in [3.8, 4) is 0 Å². The molecule has 1 aromatic rings. The van der Waals surface area contributed by atoms with E-state index in [0.717, 1.165) is 19.3 Å². The summed E-state index contributed by atoms with van der Waals surface area (Å²) < 4.78 is 28.7. The van der Waals surface area contributed by atoms with Crippen LogP contribution in [0.25, 0.3) is 0 Å². The van der Waals surface area contributed by atoms with Crippen LogP contribution in [0.2, 0.25) is 0 Å². The number of nitrogens with one attached hydrogen (secondary N) is 1. The van der Waals surface area contributed by atoms with Crippen LogP contribution in [-0.4, -0.2) is 35.8 Å². The van der Waals surface area contributed by atoms with Gasteiger partial charge in [-0.25, -0.2) is 17.8 Å². The van der Waals surface area contributed by atoms with E-state index in [4.69, 9.17) is 11.6 Å². The van der Waals surface area contributed by atoms with Gasteiger partial charge in [0.15, 0.2) is 4.60 Å². The predicted molar refractivity (Wildman–Crippen MR) is 80.1 cm³/mol. The van der Waals surface area contributed by atoms with Crippen molar-refractivity contribution in [3.05, 3.63) is 4.60 Å². The highest BCUT2D eigenvalue weighted by molar-refractivity contribution is 9.10. The van der Waals surface area contributed by atoms with Crippen LogP contribution in [-0.2, 0) is 17.1 Å². The Morgan fingerprint density at radius 1 is 1.40 bits per heavy atom. The van der Waals surface area contributed by atoms with Crippen molar-refractivity contribution in [1.82, 2.24) is 19.7 Å². The van der Waals surface area contributed by atoms with Gasteiger partial charge in [-0.3, -0.25) is 0 Å². The van der Waals surface area contributed by atoms with Gasteiger partial charge in [0.05, 0.1) is 0 Å². The Kier molecular flexibility index (Phi) is 5.44. The number of hydrogen-bond donors (Lipinski definition) is 1. The highest BCUT2D eigenvalue weighted by atomic mass is 79.9. The van der Waals surface area contributed by atoms with Gasteiger partial charge in [0.25, 0.3) is 10.0 Å². The number of aromatic nitrogens is 3. The molecule has 6 nitrogen and oxygen atoms in total. The Morgan fingerprint density at radius 3 is 2.60 bits per heavy atom. The molecule has 1 aliphatic rings. The van der Waals surface area contributed by atoms with Crippen LogP contribution in [0.3, 0.4) is 0 Å². The second-order valence-electron chi connectivity index (χ2n) is 5.12. The molecule has 0 saturated heterocycles. The first-order valence-corrected chi connectivity index (χ1v) is 9.37. The minimum absolute atomic E-state index is 0.0516. The summed E-state index contributed by atoms with van der Waals surface area (Å²) in [7, 11) is -2.06. The van der Waals surface area contributed by atoms with E-state index < -0.39 is 10.0 Å². The predicted octanol–water partition coefficient (Wildman–Crippen LogP) is 1.90. The van der Waals surface area contributed by atoms with Crippen LogP contribution in [0.15, 0.2) is 9.63 Å². The SMILES string of the molecule is Cn1nnc(Br)c1S(=O)(=O)NCC1CCCCC1CCl. The van der Waals surface area contributed by atoms with Crippen molar-refractivity contribution in [2.24, 2.45) is 18.9 Å². The molecule has 2 unspecified atom stereocenters. The van der Waals surface area contributed by atoms with E-state index in [9.17, 15) is 8.42 Å². The van der Waals surface area contributed by atoms with Crippen LogP contribution < -0.4 is 4.72 Å². The third-order valence-corrected chi connectivity index (χ3v) is 6.50. The molecule has 1 fully saturated rings. The van der Waals surface area contributed by atoms with Gasteiger partial charge in [-0.2, -0.15) is 0 Å². The van der Waals surface area contributed by atoms with Crippen molar-refractivity contribution in [2.45, 2.75) is 30.7 Å². The van der Waals surface area contributed by atoms with Gasteiger partial charge in [-0.15, -0.1) is 16.7 Å². The van der Waals surface area contributed by atoms with E-state index in [0.29, 0.717) is 24.3 Å². The first-order chi connectivity index (χ1) is 9.45. The topological polar surface area (TPSA) is 76.9 Å². The molecule has 9 heteroatoms. The molecule has 0 spiro atoms. The van der Waals surface area contributed by atoms with Crippen molar-refractivity contribution in [3.63, 3.8) is 0 Å². The van der Waals surface area contributed by atoms with E-state index in [2.05, 4.69) is 31.0 Å². The highest BCUT2D eigenvalue weighted by Crippen LogP contribution is 2.30. The Balaban J connectivity index is 2.06. The summed E-state index contributed by atoms with van der Waals surface area (Å²) in [5.41, 5.74) is 0. The number of aryl methyl sites for hydroxylation is 1. The number of alkyl halides is 1. The molecule has 0 radical (unpaired) electrons. The number of halogens is 2. The molecule has 2 rings (SSSR count). The third kappa shape index (κ3) is 3.52. The Labute approximate surface area is 132 Å². The van der Waals surface area contributed by atoms with Gasteiger partial charge < -0.3 is 0 Å². The van der Waals surface area contributed by atoms with Crippen molar-refractivity contribution >= 4 is 37.6 Å². The molecule has 2 atom stereocenters. The van der Waals surface area contributed by atoms with Gasteiger partial charge in [0.1, 0.15) is 0 Å². The van der Waals surface area contributed by atoms with Crippen LogP contribution in [0.1, 0.15) is 25.7 Å². The van der Waals surface area contributed by atoms with Crippen molar-refractivity contribution < 1.29 is 8.42 Å². The van der Waals surface area contributed by atoms with E-state index in [1.807, 2.05) is 0 Å². The largest absolute Gasteiger partial charge is 0.260 e. The summed E-state index contributed by atoms with van der Waals surface area (Å²) in [4.78, 5) is 0. The first kappa shape index (κ1) is 16.2. The number of rotatable bonds is 5. The molecule has 0 aliphatic heterocycles. The van der Waals surface area contributed by atoms with E-state index in [1.165, 1.54) is 11.1 Å². The zero-order valence-corrected chi connectivity index (χ0v) is 14.4. The summed E-state index contributed by atoms with van der Waals surface area (Å²) in [5, 5.41) is 7.44. The molecule has 20 heavy (non-hydrogen) atoms. The lowest BCUT2D eigenvalue weighted by Gasteiger charge is -2.30. The zero-order valence-electron chi connectivity index (χ0n) is 11.2. The van der Waals surface area contributed by atoms with Crippen molar-refractivity contribution in [1.29, 1.82) is 0 Å². The van der Waals surface area contributed by atoms with Gasteiger partial charge in [-0.1, -0.05) is 18.1 Å². The molecular formula is C11H18BrClN4O2S. The number of nitrogens with zero attached hydrogens (tertiary/aromatic N) is 3. The van der Waals surface area contributed by atoms with Crippen LogP contribution in [0, 0.1) is 11.8 Å². The molecule has 114 valence electrons. The summed E-state index contributed by atoms with van der Waals surface area (Å²) in [6.07, 6.45) is 4.41. The molecular weight excluding hydrogens is 368 g/mol. The fourth-order valence-electron chi connectivity index (χ4n) is 2.65. The highest BCUT2D eigenvalue weighted by Gasteiger charge is 2.28. The minimum Gasteiger partial charge on any atom is -0.235 e. The lowest BCUT2D eigenvalue weighted by Crippen LogP contribution is -2.35. The van der Waals surface area contributed by atoms with Crippen LogP contribution in [0.4, 0.5) is 0 Å². The fourth-order valence-corrected chi connectivity index (χ4v) is 5.24. The van der Waals surface area contributed by atoms with Gasteiger partial charge in [0.2, 0.25) is 5.03 Å². The number of hydrogen-bond acceptors (Lipinski definition) is 4. The average molecular weight is 386 g/mol. The lowest BCUT2D eigenvalue weighted by atomic mass is 9.80. The smallest absolute Gasteiger partial charge is 0.235 e.